The van der Waals surface area contributed by atoms with Crippen LogP contribution in [0.15, 0.2) is 24.3 Å². The maximum absolute atomic E-state index is 11.0. The molecule has 2 N–H and O–H groups in total. The van der Waals surface area contributed by atoms with Crippen LogP contribution < -0.4 is 4.74 Å². The normalized spacial score (nSPS) is 21.5. The highest BCUT2D eigenvalue weighted by molar-refractivity contribution is 5.80. The summed E-state index contributed by atoms with van der Waals surface area (Å²) in [7, 11) is 0. The summed E-state index contributed by atoms with van der Waals surface area (Å²) in [5, 5.41) is 17.9. The minimum absolute atomic E-state index is 0.00172. The van der Waals surface area contributed by atoms with E-state index in [0.717, 1.165) is 4.90 Å². The van der Waals surface area contributed by atoms with Gasteiger partial charge in [-0.15, -0.1) is 0 Å². The van der Waals surface area contributed by atoms with Crippen molar-refractivity contribution >= 4 is 18.3 Å². The lowest BCUT2D eigenvalue weighted by molar-refractivity contribution is -0.141. The molecular formula is C13H13NO6. The number of carbonyl (C=O) groups excluding carboxylic acids is 1. The Bertz CT molecular complexity index is 504. The minimum atomic E-state index is -1.28. The van der Waals surface area contributed by atoms with Gasteiger partial charge in [0.25, 0.3) is 0 Å². The zero-order chi connectivity index (χ0) is 14.7. The summed E-state index contributed by atoms with van der Waals surface area (Å²) >= 11 is 0. The highest BCUT2D eigenvalue weighted by Gasteiger charge is 2.40. The number of carbonyl (C=O) groups is 3. The van der Waals surface area contributed by atoms with Crippen molar-refractivity contribution in [1.82, 2.24) is 4.90 Å². The highest BCUT2D eigenvalue weighted by atomic mass is 16.5. The van der Waals surface area contributed by atoms with Crippen molar-refractivity contribution in [3.63, 3.8) is 0 Å². The standard InChI is InChI=1S/C13H13NO6/c15-7-8-1-3-9(4-2-8)20-10-5-11(12(16)17)14(6-10)13(18)19/h1-4,7,10-11H,5-6H2,(H,16,17)(H,18,19)/t10-,11-/m0/s1. The van der Waals surface area contributed by atoms with Crippen molar-refractivity contribution in [1.29, 1.82) is 0 Å². The second-order valence-corrected chi connectivity index (χ2v) is 4.45. The highest BCUT2D eigenvalue weighted by Crippen LogP contribution is 2.23. The van der Waals surface area contributed by atoms with E-state index in [-0.39, 0.29) is 13.0 Å². The van der Waals surface area contributed by atoms with Crippen molar-refractivity contribution in [2.75, 3.05) is 6.54 Å². The molecule has 106 valence electrons. The zero-order valence-electron chi connectivity index (χ0n) is 10.4. The lowest BCUT2D eigenvalue weighted by atomic mass is 10.2. The number of amides is 1. The summed E-state index contributed by atoms with van der Waals surface area (Å²) in [6.45, 7) is 0.00172. The van der Waals surface area contributed by atoms with Crippen molar-refractivity contribution in [2.45, 2.75) is 18.6 Å². The van der Waals surface area contributed by atoms with E-state index < -0.39 is 24.2 Å². The first-order chi connectivity index (χ1) is 9.51. The predicted octanol–water partition coefficient (Wildman–Crippen LogP) is 1.08. The Labute approximate surface area is 114 Å². The number of nitrogens with zero attached hydrogens (tertiary/aromatic N) is 1. The molecule has 2 rings (SSSR count). The second-order valence-electron chi connectivity index (χ2n) is 4.45. The summed E-state index contributed by atoms with van der Waals surface area (Å²) in [6.07, 6.45) is -1.00. The van der Waals surface area contributed by atoms with Gasteiger partial charge in [-0.3, -0.25) is 9.69 Å². The number of rotatable bonds is 4. The van der Waals surface area contributed by atoms with E-state index in [1.165, 1.54) is 0 Å². The maximum Gasteiger partial charge on any atom is 0.408 e. The van der Waals surface area contributed by atoms with Gasteiger partial charge in [-0.1, -0.05) is 0 Å². The number of hydrogen-bond donors (Lipinski definition) is 2. The van der Waals surface area contributed by atoms with E-state index in [1.807, 2.05) is 0 Å². The van der Waals surface area contributed by atoms with E-state index >= 15 is 0 Å². The molecule has 7 nitrogen and oxygen atoms in total. The predicted molar refractivity (Wildman–Crippen MR) is 67.0 cm³/mol. The van der Waals surface area contributed by atoms with Crippen LogP contribution in [-0.4, -0.2) is 52.2 Å². The van der Waals surface area contributed by atoms with Crippen molar-refractivity contribution in [2.24, 2.45) is 0 Å². The van der Waals surface area contributed by atoms with Crippen molar-refractivity contribution in [3.05, 3.63) is 29.8 Å². The van der Waals surface area contributed by atoms with E-state index in [1.54, 1.807) is 24.3 Å². The number of hydrogen-bond acceptors (Lipinski definition) is 4. The third-order valence-electron chi connectivity index (χ3n) is 3.11. The average molecular weight is 279 g/mol. The van der Waals surface area contributed by atoms with Crippen LogP contribution in [0, 0.1) is 0 Å². The number of benzene rings is 1. The quantitative estimate of drug-likeness (QED) is 0.799. The number of aliphatic carboxylic acids is 1. The molecule has 1 aliphatic heterocycles. The third kappa shape index (κ3) is 2.87. The number of aldehydes is 1. The lowest BCUT2D eigenvalue weighted by Crippen LogP contribution is -2.39. The monoisotopic (exact) mass is 279 g/mol. The van der Waals surface area contributed by atoms with Crippen LogP contribution in [0.2, 0.25) is 0 Å². The molecule has 20 heavy (non-hydrogen) atoms. The van der Waals surface area contributed by atoms with E-state index in [2.05, 4.69) is 0 Å². The summed E-state index contributed by atoms with van der Waals surface area (Å²) in [4.78, 5) is 33.3. The van der Waals surface area contributed by atoms with Gasteiger partial charge in [0.05, 0.1) is 6.54 Å². The zero-order valence-corrected chi connectivity index (χ0v) is 10.4. The van der Waals surface area contributed by atoms with Gasteiger partial charge in [-0.05, 0) is 24.3 Å². The van der Waals surface area contributed by atoms with Crippen LogP contribution in [0.4, 0.5) is 4.79 Å². The summed E-state index contributed by atoms with van der Waals surface area (Å²) in [6, 6.07) is 5.22. The summed E-state index contributed by atoms with van der Waals surface area (Å²) in [5.41, 5.74) is 0.499. The molecule has 0 unspecified atom stereocenters. The lowest BCUT2D eigenvalue weighted by Gasteiger charge is -2.16. The van der Waals surface area contributed by atoms with Gasteiger partial charge in [0, 0.05) is 12.0 Å². The smallest absolute Gasteiger partial charge is 0.408 e. The molecule has 1 heterocycles. The van der Waals surface area contributed by atoms with Crippen LogP contribution in [0.5, 0.6) is 5.75 Å². The van der Waals surface area contributed by atoms with E-state index in [0.29, 0.717) is 17.6 Å². The molecule has 0 aromatic heterocycles. The fourth-order valence-corrected chi connectivity index (χ4v) is 2.15. The molecule has 1 aliphatic rings. The molecule has 1 amide bonds. The molecular weight excluding hydrogens is 266 g/mol. The second kappa shape index (κ2) is 5.60. The molecule has 0 saturated carbocycles. The first-order valence-corrected chi connectivity index (χ1v) is 5.95. The Hall–Kier alpha value is -2.57. The fourth-order valence-electron chi connectivity index (χ4n) is 2.15. The molecule has 0 bridgehead atoms. The van der Waals surface area contributed by atoms with Gasteiger partial charge in [0.15, 0.2) is 0 Å². The molecule has 7 heteroatoms. The average Bonchev–Trinajstić information content (AvgIpc) is 2.84. The van der Waals surface area contributed by atoms with Gasteiger partial charge >= 0.3 is 12.1 Å². The van der Waals surface area contributed by atoms with Crippen LogP contribution in [-0.2, 0) is 4.79 Å². The van der Waals surface area contributed by atoms with Gasteiger partial charge < -0.3 is 14.9 Å². The fraction of sp³-hybridized carbons (Fsp3) is 0.308. The Kier molecular flexibility index (Phi) is 3.88. The van der Waals surface area contributed by atoms with Gasteiger partial charge in [-0.25, -0.2) is 9.59 Å². The van der Waals surface area contributed by atoms with Crippen LogP contribution in [0.25, 0.3) is 0 Å². The van der Waals surface area contributed by atoms with E-state index in [4.69, 9.17) is 14.9 Å². The SMILES string of the molecule is O=Cc1ccc(O[C@H]2C[C@@H](C(=O)O)N(C(=O)O)C2)cc1. The number of carboxylic acid groups (broad SMARTS) is 2. The molecule has 0 spiro atoms. The number of carboxylic acids is 1. The Morgan fingerprint density at radius 2 is 1.90 bits per heavy atom. The van der Waals surface area contributed by atoms with Gasteiger partial charge in [0.1, 0.15) is 24.2 Å². The Balaban J connectivity index is 2.05. The van der Waals surface area contributed by atoms with E-state index in [9.17, 15) is 14.4 Å². The van der Waals surface area contributed by atoms with Gasteiger partial charge in [0.2, 0.25) is 0 Å². The largest absolute Gasteiger partial charge is 0.488 e. The first kappa shape index (κ1) is 13.9. The molecule has 1 aromatic carbocycles. The molecule has 2 atom stereocenters. The summed E-state index contributed by atoms with van der Waals surface area (Å²) in [5.74, 6) is -0.716. The molecule has 1 saturated heterocycles. The molecule has 0 radical (unpaired) electrons. The Morgan fingerprint density at radius 1 is 1.25 bits per heavy atom. The third-order valence-corrected chi connectivity index (χ3v) is 3.11. The molecule has 0 aliphatic carbocycles. The minimum Gasteiger partial charge on any atom is -0.488 e. The topological polar surface area (TPSA) is 104 Å². The number of likely N-dealkylation sites (tertiary alicyclic amines) is 1. The molecule has 1 fully saturated rings. The van der Waals surface area contributed by atoms with Crippen molar-refractivity contribution < 1.29 is 29.3 Å². The van der Waals surface area contributed by atoms with Crippen LogP contribution in [0.1, 0.15) is 16.8 Å². The summed E-state index contributed by atoms with van der Waals surface area (Å²) < 4.78 is 5.55. The maximum atomic E-state index is 11.0. The van der Waals surface area contributed by atoms with Crippen LogP contribution >= 0.6 is 0 Å². The Morgan fingerprint density at radius 3 is 2.35 bits per heavy atom. The first-order valence-electron chi connectivity index (χ1n) is 5.95. The van der Waals surface area contributed by atoms with Crippen LogP contribution in [0.3, 0.4) is 0 Å². The number of ether oxygens (including phenoxy) is 1. The molecule has 1 aromatic rings. The van der Waals surface area contributed by atoms with Crippen molar-refractivity contribution in [3.8, 4) is 5.75 Å². The van der Waals surface area contributed by atoms with Gasteiger partial charge in [-0.2, -0.15) is 0 Å².